The van der Waals surface area contributed by atoms with Crippen molar-refractivity contribution >= 4 is 46.6 Å². The van der Waals surface area contributed by atoms with Gasteiger partial charge in [-0.25, -0.2) is 4.79 Å². The normalized spacial score (nSPS) is 11.4. The monoisotopic (exact) mass is 437 g/mol. The number of Topliss-reactive ketones (excluding diaryl/α,β-unsaturated/α-hetero) is 1. The van der Waals surface area contributed by atoms with Crippen molar-refractivity contribution in [3.63, 3.8) is 0 Å². The van der Waals surface area contributed by atoms with Crippen molar-refractivity contribution in [3.05, 3.63) is 57.2 Å². The molecule has 0 saturated heterocycles. The Morgan fingerprint density at radius 3 is 2.41 bits per heavy atom. The summed E-state index contributed by atoms with van der Waals surface area (Å²) in [6.07, 6.45) is 0.0350. The van der Waals surface area contributed by atoms with Crippen molar-refractivity contribution in [2.24, 2.45) is 0 Å². The largest absolute Gasteiger partial charge is 0.467 e. The first-order valence-electron chi connectivity index (χ1n) is 8.74. The molecule has 1 aromatic heterocycles. The molecule has 154 valence electrons. The molecule has 0 spiro atoms. The number of thiophene rings is 1. The van der Waals surface area contributed by atoms with Gasteiger partial charge in [-0.1, -0.05) is 41.9 Å². The minimum atomic E-state index is -0.904. The fraction of sp³-hybridized carbons (Fsp3) is 0.300. The lowest BCUT2D eigenvalue weighted by Crippen LogP contribution is -2.44. The third-order valence-electron chi connectivity index (χ3n) is 3.87. The molecule has 0 saturated carbocycles. The fourth-order valence-corrected chi connectivity index (χ4v) is 3.45. The van der Waals surface area contributed by atoms with Gasteiger partial charge in [0.05, 0.1) is 22.7 Å². The Balaban J connectivity index is 1.78. The second-order valence-electron chi connectivity index (χ2n) is 6.02. The number of carbonyl (C=O) groups is 4. The summed E-state index contributed by atoms with van der Waals surface area (Å²) in [5.74, 6) is -2.15. The van der Waals surface area contributed by atoms with E-state index in [1.807, 2.05) is 30.3 Å². The van der Waals surface area contributed by atoms with Crippen LogP contribution in [-0.2, 0) is 30.3 Å². The fourth-order valence-electron chi connectivity index (χ4n) is 2.44. The zero-order chi connectivity index (χ0) is 21.2. The van der Waals surface area contributed by atoms with E-state index >= 15 is 0 Å². The Hall–Kier alpha value is -2.71. The van der Waals surface area contributed by atoms with E-state index in [2.05, 4.69) is 5.32 Å². The SMILES string of the molecule is COC(=O)C(Cc1ccccc1)NC(=O)COC(=O)CCC(=O)c1ccc(Cl)s1. The van der Waals surface area contributed by atoms with Gasteiger partial charge >= 0.3 is 11.9 Å². The predicted molar refractivity (Wildman–Crippen MR) is 108 cm³/mol. The highest BCUT2D eigenvalue weighted by molar-refractivity contribution is 7.18. The summed E-state index contributed by atoms with van der Waals surface area (Å²) in [6, 6.07) is 11.4. The Bertz CT molecular complexity index is 867. The second-order valence-corrected chi connectivity index (χ2v) is 7.74. The van der Waals surface area contributed by atoms with E-state index in [0.29, 0.717) is 9.21 Å². The third kappa shape index (κ3) is 7.67. The van der Waals surface area contributed by atoms with Crippen LogP contribution in [0.2, 0.25) is 4.34 Å². The van der Waals surface area contributed by atoms with Crippen LogP contribution in [0, 0.1) is 0 Å². The van der Waals surface area contributed by atoms with Crippen molar-refractivity contribution in [3.8, 4) is 0 Å². The van der Waals surface area contributed by atoms with Crippen LogP contribution in [0.5, 0.6) is 0 Å². The number of ether oxygens (including phenoxy) is 2. The van der Waals surface area contributed by atoms with Crippen molar-refractivity contribution in [1.82, 2.24) is 5.32 Å². The zero-order valence-electron chi connectivity index (χ0n) is 15.7. The molecule has 0 aliphatic heterocycles. The molecule has 7 nitrogen and oxygen atoms in total. The van der Waals surface area contributed by atoms with E-state index in [-0.39, 0.29) is 25.0 Å². The number of ketones is 1. The summed E-state index contributed by atoms with van der Waals surface area (Å²) in [5.41, 5.74) is 0.840. The number of hydrogen-bond acceptors (Lipinski definition) is 7. The molecule has 1 amide bonds. The molecule has 2 rings (SSSR count). The van der Waals surface area contributed by atoms with Gasteiger partial charge in [0, 0.05) is 12.8 Å². The van der Waals surface area contributed by atoms with Crippen molar-refractivity contribution in [2.75, 3.05) is 13.7 Å². The van der Waals surface area contributed by atoms with Crippen molar-refractivity contribution in [2.45, 2.75) is 25.3 Å². The molecule has 0 aliphatic carbocycles. The van der Waals surface area contributed by atoms with Crippen molar-refractivity contribution < 1.29 is 28.7 Å². The summed E-state index contributed by atoms with van der Waals surface area (Å²) < 4.78 is 10.1. The molecule has 1 N–H and O–H groups in total. The molecule has 1 aromatic carbocycles. The molecular weight excluding hydrogens is 418 g/mol. The smallest absolute Gasteiger partial charge is 0.328 e. The molecular formula is C20H20ClNO6S. The highest BCUT2D eigenvalue weighted by atomic mass is 35.5. The summed E-state index contributed by atoms with van der Waals surface area (Å²) in [5, 5.41) is 2.49. The van der Waals surface area contributed by atoms with Crippen LogP contribution in [0.1, 0.15) is 28.1 Å². The van der Waals surface area contributed by atoms with Crippen LogP contribution in [-0.4, -0.2) is 43.4 Å². The zero-order valence-corrected chi connectivity index (χ0v) is 17.3. The summed E-state index contributed by atoms with van der Waals surface area (Å²) >= 11 is 6.91. The van der Waals surface area contributed by atoms with Gasteiger partial charge in [-0.15, -0.1) is 11.3 Å². The Morgan fingerprint density at radius 1 is 1.07 bits per heavy atom. The van der Waals surface area contributed by atoms with Crippen LogP contribution in [0.25, 0.3) is 0 Å². The molecule has 1 atom stereocenters. The lowest BCUT2D eigenvalue weighted by molar-refractivity contribution is -0.150. The van der Waals surface area contributed by atoms with E-state index in [9.17, 15) is 19.2 Å². The van der Waals surface area contributed by atoms with Gasteiger partial charge in [-0.3, -0.25) is 14.4 Å². The number of nitrogens with one attached hydrogen (secondary N) is 1. The first kappa shape index (κ1) is 22.6. The average molecular weight is 438 g/mol. The molecule has 29 heavy (non-hydrogen) atoms. The minimum absolute atomic E-state index is 0.0455. The van der Waals surface area contributed by atoms with Gasteiger partial charge in [0.25, 0.3) is 5.91 Å². The predicted octanol–water partition coefficient (Wildman–Crippen LogP) is 2.81. The first-order valence-corrected chi connectivity index (χ1v) is 9.93. The van der Waals surface area contributed by atoms with Crippen LogP contribution in [0.4, 0.5) is 0 Å². The molecule has 2 aromatic rings. The Kier molecular flexibility index (Phi) is 8.82. The quantitative estimate of drug-likeness (QED) is 0.453. The summed E-state index contributed by atoms with van der Waals surface area (Å²) in [6.45, 7) is -0.555. The molecule has 0 aliphatic rings. The third-order valence-corrected chi connectivity index (χ3v) is 5.14. The van der Waals surface area contributed by atoms with Crippen molar-refractivity contribution in [1.29, 1.82) is 0 Å². The first-order chi connectivity index (χ1) is 13.9. The van der Waals surface area contributed by atoms with Gasteiger partial charge in [-0.2, -0.15) is 0 Å². The number of hydrogen-bond donors (Lipinski definition) is 1. The van der Waals surface area contributed by atoms with E-state index in [1.54, 1.807) is 12.1 Å². The molecule has 9 heteroatoms. The van der Waals surface area contributed by atoms with E-state index < -0.39 is 30.5 Å². The van der Waals surface area contributed by atoms with Gasteiger partial charge in [0.15, 0.2) is 12.4 Å². The van der Waals surface area contributed by atoms with Gasteiger partial charge in [0.1, 0.15) is 6.04 Å². The van der Waals surface area contributed by atoms with E-state index in [4.69, 9.17) is 21.1 Å². The second kappa shape index (κ2) is 11.3. The molecule has 0 radical (unpaired) electrons. The van der Waals surface area contributed by atoms with Crippen LogP contribution < -0.4 is 5.32 Å². The number of methoxy groups -OCH3 is 1. The van der Waals surface area contributed by atoms with Gasteiger partial charge in [0.2, 0.25) is 0 Å². The topological polar surface area (TPSA) is 98.8 Å². The molecule has 0 bridgehead atoms. The standard InChI is InChI=1S/C20H20ClNO6S/c1-27-20(26)14(11-13-5-3-2-4-6-13)22-18(24)12-28-19(25)10-7-15(23)16-8-9-17(21)29-16/h2-6,8-9,14H,7,10-12H2,1H3,(H,22,24). The number of amides is 1. The van der Waals surface area contributed by atoms with Crippen LogP contribution in [0.3, 0.4) is 0 Å². The Labute approximate surface area is 177 Å². The lowest BCUT2D eigenvalue weighted by atomic mass is 10.1. The maximum atomic E-state index is 12.1. The maximum absolute atomic E-state index is 12.1. The average Bonchev–Trinajstić information content (AvgIpc) is 3.16. The number of esters is 2. The number of halogens is 1. The van der Waals surface area contributed by atoms with Crippen LogP contribution >= 0.6 is 22.9 Å². The number of carbonyl (C=O) groups excluding carboxylic acids is 4. The molecule has 1 unspecified atom stereocenters. The lowest BCUT2D eigenvalue weighted by Gasteiger charge is -2.16. The molecule has 0 fully saturated rings. The van der Waals surface area contributed by atoms with E-state index in [1.165, 1.54) is 7.11 Å². The minimum Gasteiger partial charge on any atom is -0.467 e. The van der Waals surface area contributed by atoms with Gasteiger partial charge in [-0.05, 0) is 17.7 Å². The van der Waals surface area contributed by atoms with E-state index in [0.717, 1.165) is 16.9 Å². The number of rotatable bonds is 10. The highest BCUT2D eigenvalue weighted by Gasteiger charge is 2.22. The molecule has 1 heterocycles. The maximum Gasteiger partial charge on any atom is 0.328 e. The van der Waals surface area contributed by atoms with Crippen LogP contribution in [0.15, 0.2) is 42.5 Å². The Morgan fingerprint density at radius 2 is 1.79 bits per heavy atom. The summed E-state index contributed by atoms with van der Waals surface area (Å²) in [7, 11) is 1.23. The highest BCUT2D eigenvalue weighted by Crippen LogP contribution is 2.22. The summed E-state index contributed by atoms with van der Waals surface area (Å²) in [4.78, 5) is 48.2. The number of benzene rings is 1. The van der Waals surface area contributed by atoms with Gasteiger partial charge < -0.3 is 14.8 Å².